The highest BCUT2D eigenvalue weighted by molar-refractivity contribution is 4.50. The Balaban J connectivity index is -0.0000000160. The van der Waals surface area contributed by atoms with E-state index in [4.69, 9.17) is 0 Å². The predicted octanol–water partition coefficient (Wildman–Crippen LogP) is 7.33. The lowest BCUT2D eigenvalue weighted by Crippen LogP contribution is -0.856. The molecule has 0 unspecified atom stereocenters. The highest BCUT2D eigenvalue weighted by Gasteiger charge is 1.95. The minimum atomic E-state index is 1.50. The molecule has 0 nitrogen and oxygen atoms in total. The molecule has 1 aliphatic rings. The van der Waals surface area contributed by atoms with E-state index in [1.807, 2.05) is 83.1 Å². The third-order valence-electron chi connectivity index (χ3n) is 0.354. The van der Waals surface area contributed by atoms with Crippen molar-refractivity contribution in [1.29, 1.82) is 0 Å². The second-order valence-electron chi connectivity index (χ2n) is 1.06. The summed E-state index contributed by atoms with van der Waals surface area (Å²) < 4.78 is 0. The van der Waals surface area contributed by atoms with E-state index >= 15 is 0 Å². The van der Waals surface area contributed by atoms with Crippen LogP contribution < -0.4 is 0 Å². The summed E-state index contributed by atoms with van der Waals surface area (Å²) in [7, 11) is 0. The summed E-state index contributed by atoms with van der Waals surface area (Å²) in [6.45, 7) is 24.0. The highest BCUT2D eigenvalue weighted by atomic mass is 14.0. The van der Waals surface area contributed by atoms with E-state index in [0.29, 0.717) is 0 Å². The van der Waals surface area contributed by atoms with E-state index in [0.717, 1.165) is 0 Å². The molecule has 1 rings (SSSR count). The van der Waals surface area contributed by atoms with Crippen LogP contribution in [0.4, 0.5) is 0 Å². The Morgan fingerprint density at radius 3 is 0.333 bits per heavy atom. The van der Waals surface area contributed by atoms with Gasteiger partial charge in [-0.15, -0.1) is 0 Å². The SMILES string of the molecule is C1CC1.CC.CC.CC.CC.CC.CC. The van der Waals surface area contributed by atoms with Crippen molar-refractivity contribution < 1.29 is 0 Å². The first-order valence-corrected chi connectivity index (χ1v) is 7.50. The Morgan fingerprint density at radius 1 is 0.267 bits per heavy atom. The van der Waals surface area contributed by atoms with Crippen molar-refractivity contribution in [1.82, 2.24) is 0 Å². The zero-order valence-electron chi connectivity index (χ0n) is 14.1. The van der Waals surface area contributed by atoms with Crippen molar-refractivity contribution in [3.8, 4) is 0 Å². The van der Waals surface area contributed by atoms with Crippen LogP contribution in [0.3, 0.4) is 0 Å². The van der Waals surface area contributed by atoms with Gasteiger partial charge in [0.25, 0.3) is 0 Å². The van der Waals surface area contributed by atoms with Crippen LogP contribution in [0.25, 0.3) is 0 Å². The molecule has 0 amide bonds. The quantitative estimate of drug-likeness (QED) is 0.402. The fourth-order valence-electron chi connectivity index (χ4n) is 0. The number of rotatable bonds is 0. The van der Waals surface area contributed by atoms with Crippen LogP contribution in [-0.4, -0.2) is 0 Å². The molecular formula is C15H42. The normalized spacial score (nSPS) is 7.20. The van der Waals surface area contributed by atoms with Gasteiger partial charge in [-0.1, -0.05) is 102 Å². The summed E-state index contributed by atoms with van der Waals surface area (Å²) in [6.07, 6.45) is 4.50. The standard InChI is InChI=1S/C3H6.6C2H6/c1-2-3-1;6*1-2/h1-3H2;6*1-2H3. The van der Waals surface area contributed by atoms with Crippen molar-refractivity contribution in [3.63, 3.8) is 0 Å². The Morgan fingerprint density at radius 2 is 0.333 bits per heavy atom. The molecule has 0 aliphatic heterocycles. The number of hydrogen-bond donors (Lipinski definition) is 0. The third-order valence-corrected chi connectivity index (χ3v) is 0.354. The van der Waals surface area contributed by atoms with Crippen LogP contribution in [0, 0.1) is 0 Å². The van der Waals surface area contributed by atoms with Crippen molar-refractivity contribution in [2.75, 3.05) is 0 Å². The predicted molar refractivity (Wildman–Crippen MR) is 81.9 cm³/mol. The largest absolute Gasteiger partial charge is 0.0683 e. The van der Waals surface area contributed by atoms with Gasteiger partial charge in [-0.3, -0.25) is 0 Å². The minimum Gasteiger partial charge on any atom is -0.0683 e. The summed E-state index contributed by atoms with van der Waals surface area (Å²) in [5.41, 5.74) is 0. The first-order valence-electron chi connectivity index (χ1n) is 7.50. The molecule has 15 heavy (non-hydrogen) atoms. The zero-order chi connectivity index (χ0) is 14.1. The van der Waals surface area contributed by atoms with Gasteiger partial charge in [0.15, 0.2) is 0 Å². The molecule has 0 spiro atoms. The summed E-state index contributed by atoms with van der Waals surface area (Å²) >= 11 is 0. The van der Waals surface area contributed by atoms with E-state index in [-0.39, 0.29) is 0 Å². The molecule has 1 saturated carbocycles. The molecule has 0 aromatic rings. The van der Waals surface area contributed by atoms with Crippen molar-refractivity contribution >= 4 is 0 Å². The molecule has 1 fully saturated rings. The average molecular weight is 223 g/mol. The number of hydrogen-bond acceptors (Lipinski definition) is 0. The molecule has 1 aliphatic carbocycles. The smallest absolute Gasteiger partial charge is 0.0533 e. The molecule has 0 radical (unpaired) electrons. The maximum absolute atomic E-state index is 2.00. The van der Waals surface area contributed by atoms with Crippen LogP contribution in [-0.2, 0) is 0 Å². The van der Waals surface area contributed by atoms with Gasteiger partial charge in [0.1, 0.15) is 0 Å². The molecule has 0 saturated heterocycles. The molecule has 0 atom stereocenters. The van der Waals surface area contributed by atoms with Crippen molar-refractivity contribution in [3.05, 3.63) is 0 Å². The van der Waals surface area contributed by atoms with Crippen LogP contribution in [0.2, 0.25) is 0 Å². The Labute approximate surface area is 103 Å². The lowest BCUT2D eigenvalue weighted by molar-refractivity contribution is 1.50. The molecule has 0 aromatic carbocycles. The van der Waals surface area contributed by atoms with E-state index in [9.17, 15) is 0 Å². The maximum Gasteiger partial charge on any atom is -0.0533 e. The van der Waals surface area contributed by atoms with Gasteiger partial charge in [0, 0.05) is 0 Å². The van der Waals surface area contributed by atoms with Gasteiger partial charge >= 0.3 is 0 Å². The van der Waals surface area contributed by atoms with Gasteiger partial charge in [0.2, 0.25) is 0 Å². The summed E-state index contributed by atoms with van der Waals surface area (Å²) in [6, 6.07) is 0. The molecule has 0 bridgehead atoms. The zero-order valence-corrected chi connectivity index (χ0v) is 14.1. The van der Waals surface area contributed by atoms with E-state index < -0.39 is 0 Å². The fraction of sp³-hybridized carbons (Fsp3) is 1.00. The van der Waals surface area contributed by atoms with Crippen LogP contribution in [0.15, 0.2) is 0 Å². The van der Waals surface area contributed by atoms with E-state index in [1.165, 1.54) is 19.3 Å². The first kappa shape index (κ1) is 36.3. The molecule has 0 aromatic heterocycles. The first-order chi connectivity index (χ1) is 7.50. The monoisotopic (exact) mass is 222 g/mol. The molecule has 0 heteroatoms. The summed E-state index contributed by atoms with van der Waals surface area (Å²) in [4.78, 5) is 0. The minimum absolute atomic E-state index is 1.50. The molecule has 102 valence electrons. The maximum atomic E-state index is 2.00. The van der Waals surface area contributed by atoms with Crippen molar-refractivity contribution in [2.45, 2.75) is 102 Å². The van der Waals surface area contributed by atoms with Crippen LogP contribution in [0.1, 0.15) is 102 Å². The van der Waals surface area contributed by atoms with Gasteiger partial charge in [-0.2, -0.15) is 0 Å². The van der Waals surface area contributed by atoms with Crippen LogP contribution >= 0.6 is 0 Å². The molecule has 0 heterocycles. The van der Waals surface area contributed by atoms with Crippen LogP contribution in [0.5, 0.6) is 0 Å². The van der Waals surface area contributed by atoms with Gasteiger partial charge in [-0.25, -0.2) is 0 Å². The average Bonchev–Trinajstić information content (AvgIpc) is 3.31. The van der Waals surface area contributed by atoms with Gasteiger partial charge < -0.3 is 0 Å². The second-order valence-corrected chi connectivity index (χ2v) is 1.06. The Kier molecular flexibility index (Phi) is 636. The van der Waals surface area contributed by atoms with E-state index in [1.54, 1.807) is 0 Å². The van der Waals surface area contributed by atoms with Crippen molar-refractivity contribution in [2.24, 2.45) is 0 Å². The Bertz CT molecular complexity index is 4.75. The lowest BCUT2D eigenvalue weighted by atomic mass is 11.0. The van der Waals surface area contributed by atoms with Gasteiger partial charge in [-0.05, 0) is 0 Å². The highest BCUT2D eigenvalue weighted by Crippen LogP contribution is 2.14. The Hall–Kier alpha value is 0. The molecular weight excluding hydrogens is 180 g/mol. The second kappa shape index (κ2) is 263. The summed E-state index contributed by atoms with van der Waals surface area (Å²) in [5.74, 6) is 0. The fourth-order valence-corrected chi connectivity index (χ4v) is 0. The third kappa shape index (κ3) is 2020. The van der Waals surface area contributed by atoms with E-state index in [2.05, 4.69) is 0 Å². The summed E-state index contributed by atoms with van der Waals surface area (Å²) in [5, 5.41) is 0. The molecule has 0 N–H and O–H groups in total. The lowest BCUT2D eigenvalue weighted by Gasteiger charge is -1.07. The topological polar surface area (TPSA) is 0 Å². The van der Waals surface area contributed by atoms with Gasteiger partial charge in [0.05, 0.1) is 0 Å².